The third-order valence-electron chi connectivity index (χ3n) is 3.77. The summed E-state index contributed by atoms with van der Waals surface area (Å²) in [5.74, 6) is 0.266. The summed E-state index contributed by atoms with van der Waals surface area (Å²) in [6.07, 6.45) is 5.33. The molecule has 3 N–H and O–H groups in total. The van der Waals surface area contributed by atoms with Crippen LogP contribution in [0.15, 0.2) is 36.7 Å². The molecule has 1 amide bonds. The second kappa shape index (κ2) is 5.28. The van der Waals surface area contributed by atoms with Crippen LogP contribution in [0, 0.1) is 0 Å². The lowest BCUT2D eigenvalue weighted by Crippen LogP contribution is -2.27. The summed E-state index contributed by atoms with van der Waals surface area (Å²) in [5, 5.41) is 11.8. The molecule has 2 heterocycles. The van der Waals surface area contributed by atoms with Gasteiger partial charge >= 0.3 is 0 Å². The highest BCUT2D eigenvalue weighted by atomic mass is 16.2. The molecule has 7 nitrogen and oxygen atoms in total. The van der Waals surface area contributed by atoms with Crippen molar-refractivity contribution >= 4 is 22.5 Å². The van der Waals surface area contributed by atoms with Gasteiger partial charge in [0.05, 0.1) is 5.69 Å². The Hall–Kier alpha value is -3.09. The number of carbonyl (C=O) groups excluding carboxylic acids is 1. The number of hydrogen-bond donors (Lipinski definition) is 2. The lowest BCUT2D eigenvalue weighted by atomic mass is 10.1. The number of aromatic nitrogens is 4. The molecule has 114 valence electrons. The second-order valence-corrected chi connectivity index (χ2v) is 5.48. The van der Waals surface area contributed by atoms with E-state index in [9.17, 15) is 4.79 Å². The number of carbonyl (C=O) groups is 1. The summed E-state index contributed by atoms with van der Waals surface area (Å²) in [6.45, 7) is 0. The summed E-state index contributed by atoms with van der Waals surface area (Å²) in [6, 6.07) is 7.50. The van der Waals surface area contributed by atoms with Gasteiger partial charge in [-0.05, 0) is 25.0 Å². The van der Waals surface area contributed by atoms with E-state index in [0.717, 1.165) is 18.4 Å². The predicted molar refractivity (Wildman–Crippen MR) is 85.5 cm³/mol. The van der Waals surface area contributed by atoms with Crippen molar-refractivity contribution in [3.8, 4) is 11.4 Å². The molecule has 7 heteroatoms. The van der Waals surface area contributed by atoms with E-state index < -0.39 is 0 Å². The van der Waals surface area contributed by atoms with E-state index in [0.29, 0.717) is 22.4 Å². The minimum Gasteiger partial charge on any atom is -0.396 e. The first-order valence-corrected chi connectivity index (χ1v) is 7.37. The molecule has 0 aliphatic heterocycles. The Morgan fingerprint density at radius 3 is 2.65 bits per heavy atom. The summed E-state index contributed by atoms with van der Waals surface area (Å²) >= 11 is 0. The molecule has 0 spiro atoms. The Kier molecular flexibility index (Phi) is 3.11. The fourth-order valence-electron chi connectivity index (χ4n) is 2.42. The van der Waals surface area contributed by atoms with Gasteiger partial charge in [-0.15, -0.1) is 10.2 Å². The summed E-state index contributed by atoms with van der Waals surface area (Å²) < 4.78 is 0. The van der Waals surface area contributed by atoms with Gasteiger partial charge in [0.25, 0.3) is 5.91 Å². The molecule has 0 bridgehead atoms. The maximum absolute atomic E-state index is 12.2. The summed E-state index contributed by atoms with van der Waals surface area (Å²) in [7, 11) is 0. The highest BCUT2D eigenvalue weighted by Gasteiger charge is 2.26. The Morgan fingerprint density at radius 1 is 1.13 bits per heavy atom. The first-order chi connectivity index (χ1) is 11.2. The molecule has 0 atom stereocenters. The van der Waals surface area contributed by atoms with Crippen molar-refractivity contribution in [1.29, 1.82) is 0 Å². The number of nitrogens with one attached hydrogen (secondary N) is 1. The van der Waals surface area contributed by atoms with Crippen molar-refractivity contribution in [1.82, 2.24) is 25.5 Å². The van der Waals surface area contributed by atoms with E-state index in [1.54, 1.807) is 18.5 Å². The van der Waals surface area contributed by atoms with Crippen LogP contribution < -0.4 is 11.1 Å². The minimum absolute atomic E-state index is 0.163. The van der Waals surface area contributed by atoms with Gasteiger partial charge in [-0.1, -0.05) is 12.1 Å². The quantitative estimate of drug-likeness (QED) is 0.760. The van der Waals surface area contributed by atoms with Crippen molar-refractivity contribution in [2.24, 2.45) is 0 Å². The van der Waals surface area contributed by atoms with Crippen LogP contribution in [0.3, 0.4) is 0 Å². The van der Waals surface area contributed by atoms with Crippen LogP contribution >= 0.6 is 0 Å². The predicted octanol–water partition coefficient (Wildman–Crippen LogP) is 1.56. The molecule has 1 aliphatic carbocycles. The summed E-state index contributed by atoms with van der Waals surface area (Å²) in [5.41, 5.74) is 7.96. The average molecular weight is 306 g/mol. The first kappa shape index (κ1) is 13.6. The van der Waals surface area contributed by atoms with Gasteiger partial charge in [-0.3, -0.25) is 4.79 Å². The number of amides is 1. The largest absolute Gasteiger partial charge is 0.396 e. The van der Waals surface area contributed by atoms with E-state index in [4.69, 9.17) is 5.73 Å². The minimum atomic E-state index is -0.277. The molecule has 1 aromatic carbocycles. The van der Waals surface area contributed by atoms with E-state index >= 15 is 0 Å². The Bertz CT molecular complexity index is 892. The van der Waals surface area contributed by atoms with Crippen LogP contribution in [0.2, 0.25) is 0 Å². The Labute approximate surface area is 132 Å². The Morgan fingerprint density at radius 2 is 1.91 bits per heavy atom. The van der Waals surface area contributed by atoms with Crippen molar-refractivity contribution < 1.29 is 4.79 Å². The van der Waals surface area contributed by atoms with Gasteiger partial charge in [0, 0.05) is 29.4 Å². The zero-order valence-corrected chi connectivity index (χ0v) is 12.2. The molecule has 0 unspecified atom stereocenters. The zero-order valence-electron chi connectivity index (χ0n) is 12.2. The Balaban J connectivity index is 1.83. The number of hydrogen-bond acceptors (Lipinski definition) is 6. The molecule has 1 saturated carbocycles. The first-order valence-electron chi connectivity index (χ1n) is 7.37. The van der Waals surface area contributed by atoms with Crippen molar-refractivity contribution in [3.63, 3.8) is 0 Å². The molecule has 1 fully saturated rings. The second-order valence-electron chi connectivity index (χ2n) is 5.48. The number of fused-ring (bicyclic) bond motifs is 1. The molecular formula is C16H14N6O. The number of nitrogens with two attached hydrogens (primary N) is 1. The average Bonchev–Trinajstić information content (AvgIpc) is 3.39. The van der Waals surface area contributed by atoms with Crippen LogP contribution in [0.5, 0.6) is 0 Å². The number of nitrogen functional groups attached to an aromatic ring is 1. The maximum Gasteiger partial charge on any atom is 0.274 e. The smallest absolute Gasteiger partial charge is 0.274 e. The van der Waals surface area contributed by atoms with Crippen LogP contribution in [-0.4, -0.2) is 32.1 Å². The van der Waals surface area contributed by atoms with Crippen molar-refractivity contribution in [2.75, 3.05) is 5.73 Å². The number of anilines is 1. The van der Waals surface area contributed by atoms with E-state index in [1.807, 2.05) is 18.2 Å². The highest BCUT2D eigenvalue weighted by molar-refractivity contribution is 6.07. The molecule has 2 aromatic heterocycles. The van der Waals surface area contributed by atoms with Crippen molar-refractivity contribution in [2.45, 2.75) is 18.9 Å². The van der Waals surface area contributed by atoms with Crippen LogP contribution in [0.1, 0.15) is 23.3 Å². The van der Waals surface area contributed by atoms with E-state index in [1.165, 1.54) is 0 Å². The van der Waals surface area contributed by atoms with E-state index in [2.05, 4.69) is 25.5 Å². The van der Waals surface area contributed by atoms with E-state index in [-0.39, 0.29) is 17.6 Å². The molecule has 4 rings (SSSR count). The molecule has 0 saturated heterocycles. The van der Waals surface area contributed by atoms with Gasteiger partial charge in [-0.25, -0.2) is 9.97 Å². The number of nitrogens with zero attached hydrogens (tertiary/aromatic N) is 4. The van der Waals surface area contributed by atoms with Gasteiger partial charge in [0.2, 0.25) is 0 Å². The fraction of sp³-hybridized carbons (Fsp3) is 0.188. The van der Waals surface area contributed by atoms with Gasteiger partial charge in [0.1, 0.15) is 5.52 Å². The van der Waals surface area contributed by atoms with Crippen LogP contribution in [-0.2, 0) is 0 Å². The normalized spacial score (nSPS) is 13.9. The topological polar surface area (TPSA) is 107 Å². The monoisotopic (exact) mass is 306 g/mol. The molecule has 1 aliphatic rings. The number of benzene rings is 1. The molecule has 0 radical (unpaired) electrons. The van der Waals surface area contributed by atoms with Crippen LogP contribution in [0.4, 0.5) is 5.69 Å². The number of rotatable bonds is 3. The van der Waals surface area contributed by atoms with Gasteiger partial charge in [-0.2, -0.15) is 0 Å². The lowest BCUT2D eigenvalue weighted by molar-refractivity contribution is 0.0946. The zero-order chi connectivity index (χ0) is 15.8. The van der Waals surface area contributed by atoms with Gasteiger partial charge < -0.3 is 11.1 Å². The summed E-state index contributed by atoms with van der Waals surface area (Å²) in [4.78, 5) is 20.7. The molecule has 3 aromatic rings. The maximum atomic E-state index is 12.2. The molecular weight excluding hydrogens is 292 g/mol. The third kappa shape index (κ3) is 2.46. The van der Waals surface area contributed by atoms with Gasteiger partial charge in [0.15, 0.2) is 11.5 Å². The molecule has 23 heavy (non-hydrogen) atoms. The lowest BCUT2D eigenvalue weighted by Gasteiger charge is -2.09. The fourth-order valence-corrected chi connectivity index (χ4v) is 2.42. The van der Waals surface area contributed by atoms with Crippen molar-refractivity contribution in [3.05, 3.63) is 42.4 Å². The SMILES string of the molecule is Nc1c(C(=O)NC2CC2)nnc2c(-c3ncccn3)cccc12. The van der Waals surface area contributed by atoms with Crippen LogP contribution in [0.25, 0.3) is 22.3 Å². The highest BCUT2D eigenvalue weighted by Crippen LogP contribution is 2.29. The third-order valence-corrected chi connectivity index (χ3v) is 3.77. The standard InChI is InChI=1S/C16H14N6O/c17-12-10-3-1-4-11(15-18-7-2-8-19-15)13(10)21-22-14(12)16(23)20-9-5-6-9/h1-4,7-9H,5-6H2,(H2,17,21)(H,20,23).